The lowest BCUT2D eigenvalue weighted by Crippen LogP contribution is -2.22. The van der Waals surface area contributed by atoms with Gasteiger partial charge in [-0.3, -0.25) is 4.79 Å². The molecule has 0 aliphatic carbocycles. The summed E-state index contributed by atoms with van der Waals surface area (Å²) in [4.78, 5) is 18.5. The second-order valence-corrected chi connectivity index (χ2v) is 9.45. The maximum absolute atomic E-state index is 13.1. The van der Waals surface area contributed by atoms with Gasteiger partial charge in [0.2, 0.25) is 0 Å². The highest BCUT2D eigenvalue weighted by Gasteiger charge is 2.13. The van der Waals surface area contributed by atoms with Crippen molar-refractivity contribution in [1.82, 2.24) is 9.38 Å². The fourth-order valence-electron chi connectivity index (χ4n) is 3.61. The first-order valence-corrected chi connectivity index (χ1v) is 11.6. The highest BCUT2D eigenvalue weighted by molar-refractivity contribution is 7.15. The number of thiazole rings is 1. The molecule has 5 aromatic rings. The van der Waals surface area contributed by atoms with Crippen molar-refractivity contribution in [1.29, 1.82) is 0 Å². The molecule has 0 N–H and O–H groups in total. The number of imidazole rings is 1. The molecule has 0 unspecified atom stereocenters. The van der Waals surface area contributed by atoms with E-state index in [4.69, 9.17) is 32.9 Å². The summed E-state index contributed by atoms with van der Waals surface area (Å²) < 4.78 is 8.24. The second-order valence-electron chi connectivity index (χ2n) is 7.63. The standard InChI is InChI=1S/C25H18Cl2N2O2S/c1-14-6-9-21-23(15(14)2)28-25-29(21)24(30)22(32-25)12-16-4-3-5-18(10-16)31-13-17-7-8-19(26)20(27)11-17/h3-12H,13H2,1-2H3. The van der Waals surface area contributed by atoms with Crippen molar-refractivity contribution >= 4 is 56.6 Å². The molecule has 160 valence electrons. The van der Waals surface area contributed by atoms with Crippen molar-refractivity contribution in [2.45, 2.75) is 20.5 Å². The topological polar surface area (TPSA) is 43.6 Å². The number of hydrogen-bond acceptors (Lipinski definition) is 4. The maximum atomic E-state index is 13.1. The van der Waals surface area contributed by atoms with Crippen molar-refractivity contribution in [3.8, 4) is 5.75 Å². The van der Waals surface area contributed by atoms with Crippen LogP contribution in [0.2, 0.25) is 10.0 Å². The molecule has 0 atom stereocenters. The van der Waals surface area contributed by atoms with E-state index in [1.54, 1.807) is 16.5 Å². The summed E-state index contributed by atoms with van der Waals surface area (Å²) in [6, 6.07) is 17.1. The molecule has 0 fully saturated rings. The SMILES string of the molecule is Cc1ccc2c(nc3sc(=Cc4cccc(OCc5ccc(Cl)c(Cl)c5)c4)c(=O)n32)c1C. The molecule has 0 saturated carbocycles. The van der Waals surface area contributed by atoms with Gasteiger partial charge < -0.3 is 4.74 Å². The summed E-state index contributed by atoms with van der Waals surface area (Å²) in [7, 11) is 0. The lowest BCUT2D eigenvalue weighted by molar-refractivity contribution is 0.306. The Morgan fingerprint density at radius 1 is 1.06 bits per heavy atom. The lowest BCUT2D eigenvalue weighted by atomic mass is 10.1. The Morgan fingerprint density at radius 2 is 1.91 bits per heavy atom. The average molecular weight is 481 g/mol. The van der Waals surface area contributed by atoms with E-state index in [0.717, 1.165) is 27.7 Å². The number of fused-ring (bicyclic) bond motifs is 3. The molecule has 0 radical (unpaired) electrons. The Morgan fingerprint density at radius 3 is 2.72 bits per heavy atom. The Labute approximate surface area is 198 Å². The van der Waals surface area contributed by atoms with Crippen LogP contribution in [0.4, 0.5) is 0 Å². The molecule has 0 aliphatic heterocycles. The van der Waals surface area contributed by atoms with E-state index in [1.165, 1.54) is 16.9 Å². The normalized spacial score (nSPS) is 12.2. The van der Waals surface area contributed by atoms with Crippen LogP contribution in [0.25, 0.3) is 22.1 Å². The summed E-state index contributed by atoms with van der Waals surface area (Å²) in [6.07, 6.45) is 1.88. The molecule has 32 heavy (non-hydrogen) atoms. The summed E-state index contributed by atoms with van der Waals surface area (Å²) in [5.74, 6) is 0.704. The number of halogens is 2. The van der Waals surface area contributed by atoms with Gasteiger partial charge in [0, 0.05) is 0 Å². The zero-order valence-corrected chi connectivity index (χ0v) is 19.7. The van der Waals surface area contributed by atoms with Crippen LogP contribution in [0, 0.1) is 13.8 Å². The lowest BCUT2D eigenvalue weighted by Gasteiger charge is -2.08. The third-order valence-electron chi connectivity index (χ3n) is 5.48. The van der Waals surface area contributed by atoms with Crippen LogP contribution < -0.4 is 14.8 Å². The van der Waals surface area contributed by atoms with Crippen LogP contribution in [-0.2, 0) is 6.61 Å². The van der Waals surface area contributed by atoms with E-state index in [0.29, 0.717) is 31.9 Å². The predicted octanol–water partition coefficient (Wildman–Crippen LogP) is 5.96. The van der Waals surface area contributed by atoms with Gasteiger partial charge in [0.15, 0.2) is 4.96 Å². The fraction of sp³-hybridized carbons (Fsp3) is 0.120. The first-order valence-electron chi connectivity index (χ1n) is 10.0. The van der Waals surface area contributed by atoms with Crippen LogP contribution in [0.15, 0.2) is 59.4 Å². The van der Waals surface area contributed by atoms with E-state index in [2.05, 4.69) is 6.92 Å². The molecule has 0 bridgehead atoms. The van der Waals surface area contributed by atoms with Gasteiger partial charge in [0.1, 0.15) is 12.4 Å². The number of ether oxygens (including phenoxy) is 1. The molecule has 2 heterocycles. The number of rotatable bonds is 4. The molecule has 7 heteroatoms. The summed E-state index contributed by atoms with van der Waals surface area (Å²) in [6.45, 7) is 4.45. The first kappa shape index (κ1) is 21.0. The van der Waals surface area contributed by atoms with Gasteiger partial charge in [-0.25, -0.2) is 9.38 Å². The smallest absolute Gasteiger partial charge is 0.274 e. The molecule has 4 nitrogen and oxygen atoms in total. The quantitative estimate of drug-likeness (QED) is 0.318. The van der Waals surface area contributed by atoms with Crippen molar-refractivity contribution < 1.29 is 4.74 Å². The van der Waals surface area contributed by atoms with Crippen LogP contribution in [0.1, 0.15) is 22.3 Å². The van der Waals surface area contributed by atoms with Crippen LogP contribution in [0.3, 0.4) is 0 Å². The molecule has 0 saturated heterocycles. The highest BCUT2D eigenvalue weighted by Crippen LogP contribution is 2.24. The second kappa shape index (κ2) is 8.24. The highest BCUT2D eigenvalue weighted by atomic mass is 35.5. The zero-order chi connectivity index (χ0) is 22.4. The summed E-state index contributed by atoms with van der Waals surface area (Å²) >= 11 is 13.4. The van der Waals surface area contributed by atoms with Crippen molar-refractivity contribution in [2.75, 3.05) is 0 Å². The number of aryl methyl sites for hydroxylation is 2. The molecular formula is C25H18Cl2N2O2S. The van der Waals surface area contributed by atoms with E-state index >= 15 is 0 Å². The van der Waals surface area contributed by atoms with Crippen molar-refractivity contribution in [3.63, 3.8) is 0 Å². The molecule has 0 amide bonds. The van der Waals surface area contributed by atoms with Gasteiger partial charge in [-0.1, -0.05) is 58.8 Å². The van der Waals surface area contributed by atoms with E-state index in [9.17, 15) is 4.79 Å². The fourth-order valence-corrected chi connectivity index (χ4v) is 4.91. The monoisotopic (exact) mass is 480 g/mol. The molecule has 0 spiro atoms. The maximum Gasteiger partial charge on any atom is 0.274 e. The predicted molar refractivity (Wildman–Crippen MR) is 132 cm³/mol. The number of aromatic nitrogens is 2. The summed E-state index contributed by atoms with van der Waals surface area (Å²) in [5.41, 5.74) is 5.76. The van der Waals surface area contributed by atoms with Crippen LogP contribution in [0.5, 0.6) is 5.75 Å². The van der Waals surface area contributed by atoms with Gasteiger partial charge in [0.25, 0.3) is 5.56 Å². The number of benzene rings is 3. The van der Waals surface area contributed by atoms with Gasteiger partial charge in [-0.15, -0.1) is 0 Å². The first-order chi connectivity index (χ1) is 15.4. The van der Waals surface area contributed by atoms with Gasteiger partial charge >= 0.3 is 0 Å². The minimum atomic E-state index is -0.0575. The van der Waals surface area contributed by atoms with Crippen molar-refractivity contribution in [2.24, 2.45) is 0 Å². The zero-order valence-electron chi connectivity index (χ0n) is 17.4. The Balaban J connectivity index is 1.47. The third kappa shape index (κ3) is 3.77. The summed E-state index contributed by atoms with van der Waals surface area (Å²) in [5, 5.41) is 1.01. The Kier molecular flexibility index (Phi) is 5.41. The Hall–Kier alpha value is -2.86. The van der Waals surface area contributed by atoms with Crippen molar-refractivity contribution in [3.05, 3.63) is 102 Å². The third-order valence-corrected chi connectivity index (χ3v) is 7.19. The van der Waals surface area contributed by atoms with Crippen LogP contribution in [-0.4, -0.2) is 9.38 Å². The number of hydrogen-bond donors (Lipinski definition) is 0. The number of nitrogens with zero attached hydrogens (tertiary/aromatic N) is 2. The van der Waals surface area contributed by atoms with E-state index in [-0.39, 0.29) is 5.56 Å². The average Bonchev–Trinajstić information content (AvgIpc) is 3.29. The molecule has 0 aliphatic rings. The molecular weight excluding hydrogens is 463 g/mol. The Bertz CT molecular complexity index is 1600. The van der Waals surface area contributed by atoms with Gasteiger partial charge in [-0.05, 0) is 72.5 Å². The molecule has 5 rings (SSSR count). The largest absolute Gasteiger partial charge is 0.489 e. The molecule has 2 aromatic heterocycles. The van der Waals surface area contributed by atoms with Crippen LogP contribution >= 0.6 is 34.5 Å². The minimum absolute atomic E-state index is 0.0575. The minimum Gasteiger partial charge on any atom is -0.489 e. The van der Waals surface area contributed by atoms with Gasteiger partial charge in [0.05, 0.1) is 25.6 Å². The van der Waals surface area contributed by atoms with E-state index < -0.39 is 0 Å². The van der Waals surface area contributed by atoms with E-state index in [1.807, 2.05) is 55.5 Å². The molecule has 3 aromatic carbocycles. The van der Waals surface area contributed by atoms with Gasteiger partial charge in [-0.2, -0.15) is 0 Å².